The zero-order chi connectivity index (χ0) is 23.1. The van der Waals surface area contributed by atoms with Crippen molar-refractivity contribution in [2.45, 2.75) is 56.5 Å². The van der Waals surface area contributed by atoms with Gasteiger partial charge in [0.25, 0.3) is 5.91 Å². The van der Waals surface area contributed by atoms with Crippen molar-refractivity contribution in [1.29, 1.82) is 0 Å². The maximum atomic E-state index is 14.1. The first kappa shape index (κ1) is 21.8. The number of nitrogens with zero attached hydrogens (tertiary/aromatic N) is 2. The van der Waals surface area contributed by atoms with Crippen LogP contribution in [0.1, 0.15) is 71.1 Å². The number of hydrogen-bond donors (Lipinski definition) is 0. The van der Waals surface area contributed by atoms with E-state index in [0.717, 1.165) is 48.8 Å². The van der Waals surface area contributed by atoms with Gasteiger partial charge >= 0.3 is 0 Å². The van der Waals surface area contributed by atoms with Crippen molar-refractivity contribution < 1.29 is 19.1 Å². The summed E-state index contributed by atoms with van der Waals surface area (Å²) in [4.78, 5) is 31.5. The molecule has 0 radical (unpaired) electrons. The smallest absolute Gasteiger partial charge is 0.254 e. The summed E-state index contributed by atoms with van der Waals surface area (Å²) >= 11 is 0. The normalized spacial score (nSPS) is 22.2. The molecule has 1 fully saturated rings. The molecular weight excluding hydrogens is 416 g/mol. The molecule has 2 aliphatic heterocycles. The molecule has 0 N–H and O–H groups in total. The van der Waals surface area contributed by atoms with Crippen molar-refractivity contribution in [1.82, 2.24) is 9.80 Å². The Kier molecular flexibility index (Phi) is 5.77. The Hall–Kier alpha value is -3.02. The lowest BCUT2D eigenvalue weighted by molar-refractivity contribution is -0.136. The van der Waals surface area contributed by atoms with Gasteiger partial charge in [-0.3, -0.25) is 9.59 Å². The van der Waals surface area contributed by atoms with Crippen LogP contribution < -0.4 is 9.47 Å². The zero-order valence-electron chi connectivity index (χ0n) is 19.7. The molecule has 2 aromatic carbocycles. The quantitative estimate of drug-likeness (QED) is 0.699. The van der Waals surface area contributed by atoms with E-state index in [2.05, 4.69) is 0 Å². The Balaban J connectivity index is 1.64. The van der Waals surface area contributed by atoms with Gasteiger partial charge < -0.3 is 19.3 Å². The predicted octanol–water partition coefficient (Wildman–Crippen LogP) is 4.33. The first-order valence-electron chi connectivity index (χ1n) is 12.0. The molecule has 0 saturated heterocycles. The highest BCUT2D eigenvalue weighted by atomic mass is 16.5. The second-order valence-electron chi connectivity index (χ2n) is 9.41. The summed E-state index contributed by atoms with van der Waals surface area (Å²) < 4.78 is 11.1. The van der Waals surface area contributed by atoms with Crippen molar-refractivity contribution >= 4 is 11.8 Å². The van der Waals surface area contributed by atoms with Crippen molar-refractivity contribution in [3.05, 3.63) is 58.7 Å². The number of rotatable bonds is 4. The topological polar surface area (TPSA) is 59.1 Å². The Bertz CT molecular complexity index is 1080. The van der Waals surface area contributed by atoms with Gasteiger partial charge in [-0.1, -0.05) is 37.5 Å². The predicted molar refractivity (Wildman–Crippen MR) is 126 cm³/mol. The summed E-state index contributed by atoms with van der Waals surface area (Å²) in [6, 6.07) is 11.5. The molecule has 6 nitrogen and oxygen atoms in total. The number of carbonyl (C=O) groups excluding carboxylic acids is 2. The van der Waals surface area contributed by atoms with Crippen molar-refractivity contribution in [3.8, 4) is 11.5 Å². The van der Waals surface area contributed by atoms with Crippen LogP contribution in [-0.2, 0) is 11.2 Å². The van der Waals surface area contributed by atoms with E-state index in [4.69, 9.17) is 9.47 Å². The van der Waals surface area contributed by atoms with Gasteiger partial charge in [-0.05, 0) is 54.2 Å². The molecule has 0 bridgehead atoms. The lowest BCUT2D eigenvalue weighted by Crippen LogP contribution is -2.51. The van der Waals surface area contributed by atoms with Crippen LogP contribution >= 0.6 is 0 Å². The minimum Gasteiger partial charge on any atom is -0.493 e. The summed E-state index contributed by atoms with van der Waals surface area (Å²) in [6.07, 6.45) is 6.38. The first-order valence-corrected chi connectivity index (χ1v) is 12.0. The highest BCUT2D eigenvalue weighted by Crippen LogP contribution is 2.49. The second-order valence-corrected chi connectivity index (χ2v) is 9.41. The summed E-state index contributed by atoms with van der Waals surface area (Å²) in [7, 11) is 5.19. The molecule has 6 heteroatoms. The van der Waals surface area contributed by atoms with E-state index in [1.165, 1.54) is 6.42 Å². The van der Waals surface area contributed by atoms with Crippen LogP contribution in [0.3, 0.4) is 0 Å². The summed E-state index contributed by atoms with van der Waals surface area (Å²) in [5.74, 6) is 0.952. The highest BCUT2D eigenvalue weighted by Gasteiger charge is 2.48. The third-order valence-corrected chi connectivity index (χ3v) is 7.76. The average molecular weight is 449 g/mol. The molecule has 174 valence electrons. The average Bonchev–Trinajstić information content (AvgIpc) is 2.87. The summed E-state index contributed by atoms with van der Waals surface area (Å²) in [6.45, 7) is 0.581. The van der Waals surface area contributed by atoms with Crippen LogP contribution in [0.15, 0.2) is 36.4 Å². The second kappa shape index (κ2) is 8.73. The third-order valence-electron chi connectivity index (χ3n) is 7.76. The fraction of sp³-hybridized carbons (Fsp3) is 0.481. The van der Waals surface area contributed by atoms with Crippen LogP contribution in [0, 0.1) is 0 Å². The molecule has 0 unspecified atom stereocenters. The first-order chi connectivity index (χ1) is 16.0. The van der Waals surface area contributed by atoms with Gasteiger partial charge in [-0.2, -0.15) is 0 Å². The molecule has 2 atom stereocenters. The van der Waals surface area contributed by atoms with Gasteiger partial charge in [0.1, 0.15) is 0 Å². The number of hydrogen-bond acceptors (Lipinski definition) is 4. The van der Waals surface area contributed by atoms with E-state index < -0.39 is 5.92 Å². The molecule has 3 aliphatic rings. The standard InChI is InChI=1S/C27H32N2O4/c1-28(18-9-5-4-6-10-18)27(31)24-19-11-7-8-12-20(19)26(30)29-14-13-17-15-22(32-2)23(33-3)16-21(17)25(24)29/h7-8,11-12,15-16,18,24-25H,4-6,9-10,13-14H2,1-3H3/t24-,25-/m0/s1. The van der Waals surface area contributed by atoms with Gasteiger partial charge in [-0.15, -0.1) is 0 Å². The highest BCUT2D eigenvalue weighted by molar-refractivity contribution is 6.01. The number of fused-ring (bicyclic) bond motifs is 4. The van der Waals surface area contributed by atoms with Crippen LogP contribution in [0.2, 0.25) is 0 Å². The lowest BCUT2D eigenvalue weighted by atomic mass is 9.75. The van der Waals surface area contributed by atoms with Gasteiger partial charge in [-0.25, -0.2) is 0 Å². The maximum absolute atomic E-state index is 14.1. The molecule has 2 amide bonds. The SMILES string of the molecule is COc1cc2c(cc1OC)[C@H]1[C@@H](C(=O)N(C)C3CCCCC3)c3ccccc3C(=O)N1CC2. The molecule has 1 aliphatic carbocycles. The molecule has 33 heavy (non-hydrogen) atoms. The Morgan fingerprint density at radius 3 is 2.42 bits per heavy atom. The molecule has 2 heterocycles. The van der Waals surface area contributed by atoms with E-state index in [0.29, 0.717) is 23.6 Å². The molecule has 2 aromatic rings. The third kappa shape index (κ3) is 3.56. The Labute approximate surface area is 195 Å². The van der Waals surface area contributed by atoms with Crippen molar-refractivity contribution in [2.75, 3.05) is 27.8 Å². The van der Waals surface area contributed by atoms with E-state index in [9.17, 15) is 9.59 Å². The summed E-state index contributed by atoms with van der Waals surface area (Å²) in [5.41, 5.74) is 3.57. The minimum atomic E-state index is -0.442. The minimum absolute atomic E-state index is 0.000374. The molecule has 5 rings (SSSR count). The van der Waals surface area contributed by atoms with Gasteiger partial charge in [0.15, 0.2) is 11.5 Å². The van der Waals surface area contributed by atoms with Crippen LogP contribution in [-0.4, -0.2) is 55.5 Å². The largest absolute Gasteiger partial charge is 0.493 e. The Morgan fingerprint density at radius 2 is 1.70 bits per heavy atom. The molecule has 1 saturated carbocycles. The van der Waals surface area contributed by atoms with Gasteiger partial charge in [0, 0.05) is 25.2 Å². The number of ether oxygens (including phenoxy) is 2. The number of amides is 2. The maximum Gasteiger partial charge on any atom is 0.254 e. The van der Waals surface area contributed by atoms with Gasteiger partial charge in [0.05, 0.1) is 26.2 Å². The zero-order valence-corrected chi connectivity index (χ0v) is 19.7. The monoisotopic (exact) mass is 448 g/mol. The number of methoxy groups -OCH3 is 2. The van der Waals surface area contributed by atoms with Crippen LogP contribution in [0.25, 0.3) is 0 Å². The fourth-order valence-electron chi connectivity index (χ4n) is 5.99. The molecule has 0 spiro atoms. The van der Waals surface area contributed by atoms with E-state index >= 15 is 0 Å². The van der Waals surface area contributed by atoms with Crippen LogP contribution in [0.4, 0.5) is 0 Å². The molecular formula is C27H32N2O4. The summed E-state index contributed by atoms with van der Waals surface area (Å²) in [5, 5.41) is 0. The van der Waals surface area contributed by atoms with E-state index in [-0.39, 0.29) is 23.9 Å². The lowest BCUT2D eigenvalue weighted by Gasteiger charge is -2.47. The van der Waals surface area contributed by atoms with Crippen molar-refractivity contribution in [2.24, 2.45) is 0 Å². The van der Waals surface area contributed by atoms with Crippen molar-refractivity contribution in [3.63, 3.8) is 0 Å². The fourth-order valence-corrected chi connectivity index (χ4v) is 5.99. The van der Waals surface area contributed by atoms with E-state index in [1.54, 1.807) is 14.2 Å². The number of carbonyl (C=O) groups is 2. The number of benzene rings is 2. The molecule has 0 aromatic heterocycles. The van der Waals surface area contributed by atoms with E-state index in [1.807, 2.05) is 53.2 Å². The Morgan fingerprint density at radius 1 is 1.00 bits per heavy atom. The van der Waals surface area contributed by atoms with Gasteiger partial charge in [0.2, 0.25) is 5.91 Å². The van der Waals surface area contributed by atoms with Crippen LogP contribution in [0.5, 0.6) is 11.5 Å². The number of likely N-dealkylation sites (N-methyl/N-ethyl adjacent to an activating group) is 1.